The number of hydrogen-bond acceptors (Lipinski definition) is 7. The highest BCUT2D eigenvalue weighted by Gasteiger charge is 2.77. The van der Waals surface area contributed by atoms with Gasteiger partial charge in [0.1, 0.15) is 17.7 Å². The average molecular weight is 647 g/mol. The number of carbonyl (C=O) groups excluding carboxylic acids is 4. The van der Waals surface area contributed by atoms with Crippen LogP contribution >= 0.6 is 15.9 Å². The Bertz CT molecular complexity index is 1200. The number of nitrogens with zero attached hydrogens (tertiary/aromatic N) is 2. The first kappa shape index (κ1) is 31.9. The molecule has 1 spiro atoms. The van der Waals surface area contributed by atoms with Crippen molar-refractivity contribution in [2.45, 2.75) is 74.4 Å². The van der Waals surface area contributed by atoms with Crippen LogP contribution in [0.25, 0.3) is 0 Å². The molecule has 3 aliphatic rings. The number of ether oxygens (including phenoxy) is 2. The smallest absolute Gasteiger partial charge is 0.312 e. The summed E-state index contributed by atoms with van der Waals surface area (Å²) >= 11 is 3.65. The maximum absolute atomic E-state index is 14.4. The van der Waals surface area contributed by atoms with Crippen molar-refractivity contribution in [3.63, 3.8) is 0 Å². The highest BCUT2D eigenvalue weighted by Crippen LogP contribution is 2.60. The van der Waals surface area contributed by atoms with Crippen molar-refractivity contribution in [2.75, 3.05) is 19.7 Å². The molecule has 1 aromatic carbocycles. The summed E-state index contributed by atoms with van der Waals surface area (Å²) in [5.41, 5.74) is -0.367. The first-order chi connectivity index (χ1) is 20.1. The minimum absolute atomic E-state index is 0.117. The molecule has 10 nitrogen and oxygen atoms in total. The lowest BCUT2D eigenvalue weighted by molar-refractivity contribution is -0.160. The molecule has 8 atom stereocenters. The van der Waals surface area contributed by atoms with Gasteiger partial charge in [0.2, 0.25) is 17.7 Å². The number of alkyl halides is 1. The Hall–Kier alpha value is -3.02. The Morgan fingerprint density at radius 1 is 1.26 bits per heavy atom. The fourth-order valence-corrected chi connectivity index (χ4v) is 7.38. The molecule has 3 saturated heterocycles. The van der Waals surface area contributed by atoms with E-state index in [1.807, 2.05) is 30.3 Å². The zero-order valence-corrected chi connectivity index (χ0v) is 25.7. The number of aliphatic hydroxyl groups is 1. The number of fused-ring (bicyclic) bond motifs is 1. The summed E-state index contributed by atoms with van der Waals surface area (Å²) in [5, 5.41) is 12.8. The van der Waals surface area contributed by atoms with E-state index in [1.165, 1.54) is 4.90 Å². The molecule has 3 aliphatic heterocycles. The van der Waals surface area contributed by atoms with E-state index >= 15 is 0 Å². The molecule has 3 amide bonds. The molecule has 3 heterocycles. The first-order valence-electron chi connectivity index (χ1n) is 14.4. The van der Waals surface area contributed by atoms with Crippen molar-refractivity contribution >= 4 is 39.6 Å². The molecule has 42 heavy (non-hydrogen) atoms. The quantitative estimate of drug-likeness (QED) is 0.181. The molecule has 0 radical (unpaired) electrons. The lowest BCUT2D eigenvalue weighted by atomic mass is 9.70. The standard InChI is InChI=1S/C31H40BrN3O7/c1-5-7-13-23(37)33-16-20(4)41-30(40)24-25-28(38)35(19(3)18-36)27(31(25)15-22(32)26(24)42-31)29(39)34(14-6-2)17-21-11-9-8-10-12-21/h5-6,8-12,19-20,22,24-27,36H,1-2,7,13-18H2,3-4H3,(H,33,37)/t19-,20+,22?,24-,25+,26-,27-,31+/m1/s1. The van der Waals surface area contributed by atoms with E-state index in [0.29, 0.717) is 19.4 Å². The van der Waals surface area contributed by atoms with E-state index in [-0.39, 0.29) is 42.8 Å². The summed E-state index contributed by atoms with van der Waals surface area (Å²) in [6.45, 7) is 11.1. The van der Waals surface area contributed by atoms with Crippen molar-refractivity contribution in [1.82, 2.24) is 15.1 Å². The third-order valence-electron chi connectivity index (χ3n) is 8.33. The normalized spacial score (nSPS) is 29.0. The Labute approximate surface area is 255 Å². The number of esters is 1. The van der Waals surface area contributed by atoms with E-state index < -0.39 is 53.6 Å². The summed E-state index contributed by atoms with van der Waals surface area (Å²) < 4.78 is 12.2. The van der Waals surface area contributed by atoms with Gasteiger partial charge in [-0.1, -0.05) is 58.4 Å². The molecule has 0 aliphatic carbocycles. The number of benzene rings is 1. The number of hydrogen-bond donors (Lipinski definition) is 2. The predicted molar refractivity (Wildman–Crippen MR) is 159 cm³/mol. The molecule has 0 saturated carbocycles. The van der Waals surface area contributed by atoms with Crippen LogP contribution in [0.1, 0.15) is 38.7 Å². The SMILES string of the molecule is C=CCCC(=O)NC[C@H](C)OC(=O)[C@H]1[C@@H]2O[C@@]3(CC2Br)[C@@H]1C(=O)N([C@H](C)CO)[C@@H]3C(=O)N(CC=C)Cc1ccccc1. The van der Waals surface area contributed by atoms with Crippen LogP contribution in [0.5, 0.6) is 0 Å². The fraction of sp³-hybridized carbons (Fsp3) is 0.548. The van der Waals surface area contributed by atoms with Crippen molar-refractivity contribution < 1.29 is 33.8 Å². The van der Waals surface area contributed by atoms with Gasteiger partial charge in [-0.2, -0.15) is 0 Å². The van der Waals surface area contributed by atoms with Crippen LogP contribution in [0.3, 0.4) is 0 Å². The number of allylic oxidation sites excluding steroid dienone is 1. The van der Waals surface area contributed by atoms with E-state index in [4.69, 9.17) is 9.47 Å². The molecule has 2 bridgehead atoms. The van der Waals surface area contributed by atoms with Crippen LogP contribution in [0.2, 0.25) is 0 Å². The molecule has 2 N–H and O–H groups in total. The highest BCUT2D eigenvalue weighted by molar-refractivity contribution is 9.09. The van der Waals surface area contributed by atoms with Crippen molar-refractivity contribution in [3.05, 3.63) is 61.2 Å². The van der Waals surface area contributed by atoms with Crippen molar-refractivity contribution in [1.29, 1.82) is 0 Å². The largest absolute Gasteiger partial charge is 0.460 e. The molecule has 0 aromatic heterocycles. The van der Waals surface area contributed by atoms with Gasteiger partial charge in [-0.05, 0) is 32.3 Å². The molecular formula is C31H40BrN3O7. The lowest BCUT2D eigenvalue weighted by Crippen LogP contribution is -2.58. The molecular weight excluding hydrogens is 606 g/mol. The van der Waals surface area contributed by atoms with Crippen molar-refractivity contribution in [2.24, 2.45) is 11.8 Å². The molecule has 1 aromatic rings. The third kappa shape index (κ3) is 6.05. The van der Waals surface area contributed by atoms with Gasteiger partial charge in [-0.3, -0.25) is 19.2 Å². The molecule has 3 fully saturated rings. The van der Waals surface area contributed by atoms with Gasteiger partial charge in [0.25, 0.3) is 0 Å². The predicted octanol–water partition coefficient (Wildman–Crippen LogP) is 2.34. The second kappa shape index (κ2) is 13.5. The van der Waals surface area contributed by atoms with Crippen LogP contribution in [0.4, 0.5) is 0 Å². The molecule has 11 heteroatoms. The number of carbonyl (C=O) groups is 4. The van der Waals surface area contributed by atoms with Gasteiger partial charge in [-0.15, -0.1) is 13.2 Å². The highest BCUT2D eigenvalue weighted by atomic mass is 79.9. The number of rotatable bonds is 14. The summed E-state index contributed by atoms with van der Waals surface area (Å²) in [6.07, 6.45) is 3.12. The van der Waals surface area contributed by atoms with Gasteiger partial charge < -0.3 is 29.7 Å². The van der Waals surface area contributed by atoms with Gasteiger partial charge in [0.05, 0.1) is 37.1 Å². The fourth-order valence-electron chi connectivity index (χ4n) is 6.44. The zero-order valence-electron chi connectivity index (χ0n) is 24.1. The van der Waals surface area contributed by atoms with E-state index in [1.54, 1.807) is 30.9 Å². The van der Waals surface area contributed by atoms with Crippen LogP contribution < -0.4 is 5.32 Å². The number of nitrogens with one attached hydrogen (secondary N) is 1. The maximum atomic E-state index is 14.4. The van der Waals surface area contributed by atoms with Gasteiger partial charge in [0.15, 0.2) is 0 Å². The average Bonchev–Trinajstić information content (AvgIpc) is 3.57. The zero-order chi connectivity index (χ0) is 30.6. The minimum Gasteiger partial charge on any atom is -0.460 e. The van der Waals surface area contributed by atoms with Crippen LogP contribution in [0, 0.1) is 11.8 Å². The van der Waals surface area contributed by atoms with Crippen LogP contribution in [-0.4, -0.2) is 93.0 Å². The summed E-state index contributed by atoms with van der Waals surface area (Å²) in [4.78, 5) is 56.8. The number of likely N-dealkylation sites (tertiary alicyclic amines) is 1. The summed E-state index contributed by atoms with van der Waals surface area (Å²) in [7, 11) is 0. The van der Waals surface area contributed by atoms with E-state index in [2.05, 4.69) is 34.4 Å². The number of aliphatic hydroxyl groups excluding tert-OH is 1. The molecule has 228 valence electrons. The molecule has 4 rings (SSSR count). The molecule has 1 unspecified atom stereocenters. The van der Waals surface area contributed by atoms with Gasteiger partial charge >= 0.3 is 5.97 Å². The van der Waals surface area contributed by atoms with E-state index in [0.717, 1.165) is 5.56 Å². The van der Waals surface area contributed by atoms with E-state index in [9.17, 15) is 24.3 Å². The summed E-state index contributed by atoms with van der Waals surface area (Å²) in [5.74, 6) is -3.45. The first-order valence-corrected chi connectivity index (χ1v) is 15.3. The van der Waals surface area contributed by atoms with Gasteiger partial charge in [0, 0.05) is 24.3 Å². The Kier molecular flexibility index (Phi) is 10.3. The summed E-state index contributed by atoms with van der Waals surface area (Å²) in [6, 6.07) is 7.77. The third-order valence-corrected chi connectivity index (χ3v) is 9.17. The second-order valence-electron chi connectivity index (χ2n) is 11.3. The minimum atomic E-state index is -1.28. The van der Waals surface area contributed by atoms with Gasteiger partial charge in [-0.25, -0.2) is 0 Å². The monoisotopic (exact) mass is 645 g/mol. The number of amides is 3. The number of halogens is 1. The Morgan fingerprint density at radius 3 is 2.62 bits per heavy atom. The maximum Gasteiger partial charge on any atom is 0.312 e. The van der Waals surface area contributed by atoms with Crippen LogP contribution in [0.15, 0.2) is 55.6 Å². The van der Waals surface area contributed by atoms with Crippen molar-refractivity contribution in [3.8, 4) is 0 Å². The second-order valence-corrected chi connectivity index (χ2v) is 12.5. The Morgan fingerprint density at radius 2 is 1.98 bits per heavy atom. The van der Waals surface area contributed by atoms with Crippen LogP contribution in [-0.2, 0) is 35.2 Å². The lowest BCUT2D eigenvalue weighted by Gasteiger charge is -2.38. The Balaban J connectivity index is 1.61. The topological polar surface area (TPSA) is 125 Å².